The summed E-state index contributed by atoms with van der Waals surface area (Å²) in [5.41, 5.74) is 5.23. The van der Waals surface area contributed by atoms with E-state index in [4.69, 9.17) is 9.47 Å². The SMILES string of the molecule is Cc1cccc(C)c1-c1cc2nc(n1)NS(=O)(=O)c1cccc(c1)C(C1CC3(CCN(C4COC4)CC3)C1)[C@H](CC(C)C)CO2. The molecular formula is C36H46N4O4S. The first kappa shape index (κ1) is 30.6. The van der Waals surface area contributed by atoms with Gasteiger partial charge in [-0.2, -0.15) is 4.98 Å². The Balaban J connectivity index is 1.23. The van der Waals surface area contributed by atoms with Gasteiger partial charge in [0.25, 0.3) is 10.0 Å². The van der Waals surface area contributed by atoms with Crippen LogP contribution in [0, 0.1) is 37.0 Å². The molecule has 0 amide bonds. The summed E-state index contributed by atoms with van der Waals surface area (Å²) < 4.78 is 42.3. The number of likely N-dealkylation sites (tertiary alicyclic amines) is 1. The Labute approximate surface area is 268 Å². The van der Waals surface area contributed by atoms with E-state index in [0.717, 1.165) is 55.0 Å². The molecule has 8 nitrogen and oxygen atoms in total. The van der Waals surface area contributed by atoms with E-state index in [1.54, 1.807) is 6.07 Å². The highest BCUT2D eigenvalue weighted by atomic mass is 32.2. The first-order chi connectivity index (χ1) is 21.6. The quantitative estimate of drug-likeness (QED) is 0.340. The van der Waals surface area contributed by atoms with Gasteiger partial charge in [0.05, 0.1) is 36.5 Å². The van der Waals surface area contributed by atoms with Crippen LogP contribution in [-0.2, 0) is 14.8 Å². The van der Waals surface area contributed by atoms with E-state index in [1.165, 1.54) is 25.7 Å². The van der Waals surface area contributed by atoms with Gasteiger partial charge >= 0.3 is 0 Å². The van der Waals surface area contributed by atoms with Crippen molar-refractivity contribution in [3.05, 3.63) is 65.2 Å². The lowest BCUT2D eigenvalue weighted by molar-refractivity contribution is -0.102. The molecule has 2 atom stereocenters. The number of nitrogens with one attached hydrogen (secondary N) is 1. The number of anilines is 1. The molecule has 1 unspecified atom stereocenters. The molecule has 2 aromatic carbocycles. The van der Waals surface area contributed by atoms with Gasteiger partial charge in [-0.3, -0.25) is 4.90 Å². The van der Waals surface area contributed by atoms with E-state index in [1.807, 2.05) is 50.2 Å². The first-order valence-corrected chi connectivity index (χ1v) is 18.1. The standard InChI is InChI=1S/C36H46N4O4S/c1-23(2)15-27-20-44-32-17-31(33-24(3)7-5-8-25(33)4)37-35(38-32)39-45(41,42)30-10-6-9-26(16-30)34(27)28-18-36(19-28)11-13-40(14-12-36)29-21-43-22-29/h5-10,16-17,23,27-29,34H,11-15,18-22H2,1-4H3,(H,37,38,39)/t27-,34?/m1/s1. The third-order valence-electron chi connectivity index (χ3n) is 10.8. The van der Waals surface area contributed by atoms with Crippen LogP contribution in [-0.4, -0.2) is 62.2 Å². The molecule has 0 radical (unpaired) electrons. The molecular weight excluding hydrogens is 584 g/mol. The first-order valence-electron chi connectivity index (χ1n) is 16.6. The summed E-state index contributed by atoms with van der Waals surface area (Å²) in [4.78, 5) is 12.1. The second-order valence-corrected chi connectivity index (χ2v) is 16.2. The van der Waals surface area contributed by atoms with E-state index < -0.39 is 10.0 Å². The van der Waals surface area contributed by atoms with Gasteiger partial charge in [0.2, 0.25) is 11.8 Å². The summed E-state index contributed by atoms with van der Waals surface area (Å²) >= 11 is 0. The van der Waals surface area contributed by atoms with Crippen LogP contribution < -0.4 is 9.46 Å². The van der Waals surface area contributed by atoms with Crippen LogP contribution >= 0.6 is 0 Å². The fraction of sp³-hybridized carbons (Fsp3) is 0.556. The number of aryl methyl sites for hydroxylation is 2. The molecule has 3 aromatic rings. The van der Waals surface area contributed by atoms with Crippen molar-refractivity contribution in [2.45, 2.75) is 76.7 Å². The Morgan fingerprint density at radius 1 is 0.978 bits per heavy atom. The van der Waals surface area contributed by atoms with Crippen molar-refractivity contribution in [2.24, 2.45) is 23.2 Å². The van der Waals surface area contributed by atoms with Crippen molar-refractivity contribution < 1.29 is 17.9 Å². The molecule has 9 heteroatoms. The Morgan fingerprint density at radius 3 is 2.36 bits per heavy atom. The molecule has 4 heterocycles. The molecule has 1 spiro atoms. The van der Waals surface area contributed by atoms with Crippen molar-refractivity contribution >= 4 is 16.0 Å². The van der Waals surface area contributed by atoms with Crippen molar-refractivity contribution in [3.63, 3.8) is 0 Å². The Hall–Kier alpha value is -3.01. The predicted octanol–water partition coefficient (Wildman–Crippen LogP) is 6.59. The Morgan fingerprint density at radius 2 is 1.69 bits per heavy atom. The van der Waals surface area contributed by atoms with E-state index >= 15 is 0 Å². The van der Waals surface area contributed by atoms with Crippen LogP contribution in [0.4, 0.5) is 5.95 Å². The predicted molar refractivity (Wildman–Crippen MR) is 176 cm³/mol. The van der Waals surface area contributed by atoms with E-state index in [0.29, 0.717) is 41.5 Å². The van der Waals surface area contributed by atoms with Crippen molar-refractivity contribution in [2.75, 3.05) is 37.6 Å². The number of hydrogen-bond acceptors (Lipinski definition) is 7. The molecule has 45 heavy (non-hydrogen) atoms. The van der Waals surface area contributed by atoms with Gasteiger partial charge in [-0.1, -0.05) is 44.2 Å². The van der Waals surface area contributed by atoms with E-state index in [2.05, 4.69) is 39.5 Å². The fourth-order valence-corrected chi connectivity index (χ4v) is 9.52. The number of hydrogen-bond donors (Lipinski definition) is 1. The summed E-state index contributed by atoms with van der Waals surface area (Å²) in [7, 11) is -3.93. The molecule has 1 aromatic heterocycles. The van der Waals surface area contributed by atoms with Gasteiger partial charge in [-0.05, 0) is 111 Å². The third kappa shape index (κ3) is 6.11. The Kier molecular flexibility index (Phi) is 8.15. The summed E-state index contributed by atoms with van der Waals surface area (Å²) in [6.07, 6.45) is 5.83. The number of fused-ring (bicyclic) bond motifs is 4. The number of aromatic nitrogens is 2. The molecule has 1 aliphatic carbocycles. The zero-order valence-electron chi connectivity index (χ0n) is 27.0. The smallest absolute Gasteiger partial charge is 0.264 e. The highest BCUT2D eigenvalue weighted by Crippen LogP contribution is 2.59. The summed E-state index contributed by atoms with van der Waals surface area (Å²) in [6, 6.07) is 16.2. The van der Waals surface area contributed by atoms with Crippen LogP contribution in [0.3, 0.4) is 0 Å². The fourth-order valence-electron chi connectivity index (χ4n) is 8.52. The number of ether oxygens (including phenoxy) is 2. The van der Waals surface area contributed by atoms with Crippen molar-refractivity contribution in [1.29, 1.82) is 0 Å². The van der Waals surface area contributed by atoms with Gasteiger partial charge in [0.15, 0.2) is 0 Å². The minimum Gasteiger partial charge on any atom is -0.477 e. The van der Waals surface area contributed by atoms with Crippen molar-refractivity contribution in [1.82, 2.24) is 14.9 Å². The highest BCUT2D eigenvalue weighted by molar-refractivity contribution is 7.92. The van der Waals surface area contributed by atoms with Gasteiger partial charge in [0, 0.05) is 17.5 Å². The average Bonchev–Trinajstić information content (AvgIpc) is 2.94. The molecule has 3 aliphatic heterocycles. The van der Waals surface area contributed by atoms with Crippen LogP contribution in [0.15, 0.2) is 53.4 Å². The summed E-state index contributed by atoms with van der Waals surface area (Å²) in [5, 5.41) is 0. The largest absolute Gasteiger partial charge is 0.477 e. The maximum Gasteiger partial charge on any atom is 0.264 e. The van der Waals surface area contributed by atoms with E-state index in [-0.39, 0.29) is 22.7 Å². The molecule has 1 N–H and O–H groups in total. The van der Waals surface area contributed by atoms with Crippen LogP contribution in [0.1, 0.15) is 68.6 Å². The number of benzene rings is 2. The zero-order chi connectivity index (χ0) is 31.3. The van der Waals surface area contributed by atoms with Gasteiger partial charge in [0.1, 0.15) is 0 Å². The summed E-state index contributed by atoms with van der Waals surface area (Å²) in [5.74, 6) is 1.78. The zero-order valence-corrected chi connectivity index (χ0v) is 27.8. The maximum atomic E-state index is 13.8. The molecule has 240 valence electrons. The molecule has 4 bridgehead atoms. The van der Waals surface area contributed by atoms with Crippen LogP contribution in [0.25, 0.3) is 11.3 Å². The van der Waals surface area contributed by atoms with Gasteiger partial charge in [-0.15, -0.1) is 0 Å². The molecule has 4 aliphatic rings. The maximum absolute atomic E-state index is 13.8. The topological polar surface area (TPSA) is 93.7 Å². The van der Waals surface area contributed by atoms with Crippen LogP contribution in [0.5, 0.6) is 5.88 Å². The number of nitrogens with zero attached hydrogens (tertiary/aromatic N) is 3. The normalized spacial score (nSPS) is 24.9. The lowest BCUT2D eigenvalue weighted by Crippen LogP contribution is -2.56. The lowest BCUT2D eigenvalue weighted by atomic mass is 9.52. The second kappa shape index (κ2) is 12.0. The van der Waals surface area contributed by atoms with E-state index in [9.17, 15) is 8.42 Å². The number of piperidine rings is 1. The minimum atomic E-state index is -3.93. The minimum absolute atomic E-state index is 0.0221. The Bertz CT molecular complexity index is 1630. The monoisotopic (exact) mass is 630 g/mol. The highest BCUT2D eigenvalue weighted by Gasteiger charge is 2.51. The molecule has 2 saturated heterocycles. The van der Waals surface area contributed by atoms with Gasteiger partial charge in [-0.25, -0.2) is 18.1 Å². The molecule has 7 rings (SSSR count). The third-order valence-corrected chi connectivity index (χ3v) is 12.2. The van der Waals surface area contributed by atoms with Gasteiger partial charge < -0.3 is 9.47 Å². The van der Waals surface area contributed by atoms with Crippen molar-refractivity contribution in [3.8, 4) is 17.1 Å². The average molecular weight is 631 g/mol. The molecule has 3 fully saturated rings. The lowest BCUT2D eigenvalue weighted by Gasteiger charge is -2.57. The number of sulfonamides is 1. The summed E-state index contributed by atoms with van der Waals surface area (Å²) in [6.45, 7) is 13.2. The van der Waals surface area contributed by atoms with Crippen LogP contribution in [0.2, 0.25) is 0 Å². The number of rotatable bonds is 5. The second-order valence-electron chi connectivity index (χ2n) is 14.5. The molecule has 1 saturated carbocycles.